The molecule has 4 rings (SSSR count). The van der Waals surface area contributed by atoms with Crippen molar-refractivity contribution in [1.29, 1.82) is 0 Å². The second-order valence-corrected chi connectivity index (χ2v) is 8.49. The summed E-state index contributed by atoms with van der Waals surface area (Å²) in [5.74, 6) is -0.405. The number of fused-ring (bicyclic) bond motifs is 1. The van der Waals surface area contributed by atoms with Gasteiger partial charge in [0.15, 0.2) is 0 Å². The fourth-order valence-corrected chi connectivity index (χ4v) is 4.32. The fraction of sp³-hybridized carbons (Fsp3) is 0.385. The summed E-state index contributed by atoms with van der Waals surface area (Å²) < 4.78 is 5.75. The molecule has 2 amide bonds. The molecule has 2 atom stereocenters. The van der Waals surface area contributed by atoms with Gasteiger partial charge in [-0.1, -0.05) is 26.0 Å². The van der Waals surface area contributed by atoms with Gasteiger partial charge in [0.05, 0.1) is 45.9 Å². The van der Waals surface area contributed by atoms with Crippen molar-refractivity contribution in [3.63, 3.8) is 0 Å². The Morgan fingerprint density at radius 3 is 2.27 bits per heavy atom. The van der Waals surface area contributed by atoms with Crippen molar-refractivity contribution < 1.29 is 14.3 Å². The molecule has 1 aliphatic rings. The molecule has 1 aliphatic heterocycles. The van der Waals surface area contributed by atoms with Gasteiger partial charge in [-0.25, -0.2) is 9.97 Å². The number of para-hydroxylation sites is 1. The molecule has 7 nitrogen and oxygen atoms in total. The minimum atomic E-state index is -0.291. The molecule has 2 aromatic carbocycles. The first-order valence-corrected chi connectivity index (χ1v) is 11.5. The van der Waals surface area contributed by atoms with E-state index in [1.807, 2.05) is 26.0 Å². The number of nitrogens with zero attached hydrogens (tertiary/aromatic N) is 3. The molecule has 0 bridgehead atoms. The fourth-order valence-electron chi connectivity index (χ4n) is 4.32. The number of anilines is 1. The quantitative estimate of drug-likeness (QED) is 0.633. The molecule has 172 valence electrons. The van der Waals surface area contributed by atoms with Crippen LogP contribution < -0.4 is 5.32 Å². The number of aryl methyl sites for hydroxylation is 2. The van der Waals surface area contributed by atoms with Crippen molar-refractivity contribution >= 4 is 28.5 Å². The van der Waals surface area contributed by atoms with E-state index in [0.29, 0.717) is 35.4 Å². The van der Waals surface area contributed by atoms with Gasteiger partial charge >= 0.3 is 0 Å². The van der Waals surface area contributed by atoms with Crippen LogP contribution in [-0.2, 0) is 17.6 Å². The minimum absolute atomic E-state index is 0.0283. The third kappa shape index (κ3) is 4.88. The molecule has 1 N–H and O–H groups in total. The summed E-state index contributed by atoms with van der Waals surface area (Å²) in [5.41, 5.74) is 4.83. The van der Waals surface area contributed by atoms with Crippen LogP contribution in [0, 0.1) is 0 Å². The Labute approximate surface area is 194 Å². The lowest BCUT2D eigenvalue weighted by Gasteiger charge is -2.35. The monoisotopic (exact) mass is 446 g/mol. The maximum absolute atomic E-state index is 13.2. The van der Waals surface area contributed by atoms with Crippen molar-refractivity contribution in [2.24, 2.45) is 0 Å². The average molecular weight is 447 g/mol. The highest BCUT2D eigenvalue weighted by Gasteiger charge is 2.28. The summed E-state index contributed by atoms with van der Waals surface area (Å²) in [6.45, 7) is 9.07. The van der Waals surface area contributed by atoms with Gasteiger partial charge in [-0.15, -0.1) is 0 Å². The Morgan fingerprint density at radius 1 is 0.970 bits per heavy atom. The van der Waals surface area contributed by atoms with Crippen LogP contribution in [0.3, 0.4) is 0 Å². The van der Waals surface area contributed by atoms with Crippen LogP contribution in [0.2, 0.25) is 0 Å². The Morgan fingerprint density at radius 2 is 1.61 bits per heavy atom. The molecule has 1 aromatic heterocycles. The Balaban J connectivity index is 1.59. The number of nitrogens with one attached hydrogen (secondary N) is 1. The number of morpholine rings is 1. The Hall–Kier alpha value is -3.32. The normalized spacial score (nSPS) is 18.4. The predicted octanol–water partition coefficient (Wildman–Crippen LogP) is 4.26. The molecule has 0 spiro atoms. The van der Waals surface area contributed by atoms with Crippen molar-refractivity contribution in [2.75, 3.05) is 18.4 Å². The van der Waals surface area contributed by atoms with E-state index in [-0.39, 0.29) is 24.0 Å². The maximum atomic E-state index is 13.2. The van der Waals surface area contributed by atoms with Gasteiger partial charge < -0.3 is 15.0 Å². The molecule has 1 fully saturated rings. The third-order valence-corrected chi connectivity index (χ3v) is 5.86. The van der Waals surface area contributed by atoms with Gasteiger partial charge in [0.25, 0.3) is 11.8 Å². The molecular weight excluding hydrogens is 416 g/mol. The van der Waals surface area contributed by atoms with Gasteiger partial charge in [0.1, 0.15) is 0 Å². The lowest BCUT2D eigenvalue weighted by Crippen LogP contribution is -2.48. The van der Waals surface area contributed by atoms with E-state index in [0.717, 1.165) is 29.7 Å². The van der Waals surface area contributed by atoms with E-state index in [4.69, 9.17) is 14.7 Å². The number of hydrogen-bond acceptors (Lipinski definition) is 5. The second kappa shape index (κ2) is 9.67. The first-order chi connectivity index (χ1) is 15.9. The highest BCUT2D eigenvalue weighted by molar-refractivity contribution is 6.09. The lowest BCUT2D eigenvalue weighted by atomic mass is 10.1. The van der Waals surface area contributed by atoms with E-state index in [1.54, 1.807) is 35.2 Å². The molecule has 7 heteroatoms. The summed E-state index contributed by atoms with van der Waals surface area (Å²) in [5, 5.41) is 2.92. The molecule has 33 heavy (non-hydrogen) atoms. The summed E-state index contributed by atoms with van der Waals surface area (Å²) >= 11 is 0. The number of aromatic nitrogens is 2. The number of amides is 2. The topological polar surface area (TPSA) is 84.4 Å². The molecule has 0 radical (unpaired) electrons. The summed E-state index contributed by atoms with van der Waals surface area (Å²) in [4.78, 5) is 37.5. The number of ether oxygens (including phenoxy) is 1. The smallest absolute Gasteiger partial charge is 0.256 e. The summed E-state index contributed by atoms with van der Waals surface area (Å²) in [6, 6.07) is 12.4. The van der Waals surface area contributed by atoms with Crippen molar-refractivity contribution in [3.05, 3.63) is 65.0 Å². The zero-order valence-corrected chi connectivity index (χ0v) is 19.6. The first kappa shape index (κ1) is 22.9. The zero-order valence-electron chi connectivity index (χ0n) is 19.6. The van der Waals surface area contributed by atoms with E-state index in [1.165, 1.54) is 0 Å². The largest absolute Gasteiger partial charge is 0.372 e. The van der Waals surface area contributed by atoms with Crippen molar-refractivity contribution in [2.45, 2.75) is 52.7 Å². The number of carbonyl (C=O) groups excluding carboxylic acids is 2. The van der Waals surface area contributed by atoms with Crippen LogP contribution in [0.4, 0.5) is 5.69 Å². The SMILES string of the molecule is CCc1nc2ccc(C(=O)Nc3ccccc3C(=O)N3C[C@@H](C)O[C@H](C)C3)cc2nc1CC. The third-order valence-electron chi connectivity index (χ3n) is 5.86. The Kier molecular flexibility index (Phi) is 6.70. The van der Waals surface area contributed by atoms with Gasteiger partial charge in [0, 0.05) is 18.7 Å². The van der Waals surface area contributed by atoms with E-state index < -0.39 is 0 Å². The molecule has 3 aromatic rings. The molecule has 2 heterocycles. The van der Waals surface area contributed by atoms with Crippen LogP contribution >= 0.6 is 0 Å². The van der Waals surface area contributed by atoms with Gasteiger partial charge in [0.2, 0.25) is 0 Å². The summed E-state index contributed by atoms with van der Waals surface area (Å²) in [7, 11) is 0. The average Bonchev–Trinajstić information content (AvgIpc) is 2.82. The number of rotatable bonds is 5. The standard InChI is InChI=1S/C26H30N4O3/c1-5-20-21(6-2)28-24-13-18(11-12-23(24)27-20)25(31)29-22-10-8-7-9-19(22)26(32)30-14-16(3)33-17(4)15-30/h7-13,16-17H,5-6,14-15H2,1-4H3,(H,29,31)/t16-,17-/m1/s1. The minimum Gasteiger partial charge on any atom is -0.372 e. The highest BCUT2D eigenvalue weighted by Crippen LogP contribution is 2.22. The van der Waals surface area contributed by atoms with E-state index in [9.17, 15) is 9.59 Å². The van der Waals surface area contributed by atoms with Gasteiger partial charge in [-0.2, -0.15) is 0 Å². The van der Waals surface area contributed by atoms with E-state index >= 15 is 0 Å². The maximum Gasteiger partial charge on any atom is 0.256 e. The second-order valence-electron chi connectivity index (χ2n) is 8.49. The van der Waals surface area contributed by atoms with Crippen LogP contribution in [0.15, 0.2) is 42.5 Å². The Bertz CT molecular complexity index is 1180. The zero-order chi connectivity index (χ0) is 23.5. The van der Waals surface area contributed by atoms with Crippen molar-refractivity contribution in [1.82, 2.24) is 14.9 Å². The van der Waals surface area contributed by atoms with Crippen LogP contribution in [-0.4, -0.2) is 52.0 Å². The van der Waals surface area contributed by atoms with Gasteiger partial charge in [-0.05, 0) is 57.0 Å². The van der Waals surface area contributed by atoms with Crippen LogP contribution in [0.1, 0.15) is 59.8 Å². The molecule has 0 unspecified atom stereocenters. The van der Waals surface area contributed by atoms with E-state index in [2.05, 4.69) is 19.2 Å². The first-order valence-electron chi connectivity index (χ1n) is 11.5. The highest BCUT2D eigenvalue weighted by atomic mass is 16.5. The predicted molar refractivity (Wildman–Crippen MR) is 129 cm³/mol. The molecule has 1 saturated heterocycles. The molecular formula is C26H30N4O3. The molecule has 0 aliphatic carbocycles. The number of benzene rings is 2. The number of hydrogen-bond donors (Lipinski definition) is 1. The van der Waals surface area contributed by atoms with Crippen LogP contribution in [0.5, 0.6) is 0 Å². The lowest BCUT2D eigenvalue weighted by molar-refractivity contribution is -0.0585. The summed E-state index contributed by atoms with van der Waals surface area (Å²) in [6.07, 6.45) is 1.55. The van der Waals surface area contributed by atoms with Crippen molar-refractivity contribution in [3.8, 4) is 0 Å². The number of carbonyl (C=O) groups is 2. The molecule has 0 saturated carbocycles. The van der Waals surface area contributed by atoms with Crippen LogP contribution in [0.25, 0.3) is 11.0 Å². The van der Waals surface area contributed by atoms with Gasteiger partial charge in [-0.3, -0.25) is 9.59 Å².